The maximum Gasteiger partial charge on any atom is 0.433 e. The molecule has 4 rings (SSSR count). The van der Waals surface area contributed by atoms with Crippen molar-refractivity contribution in [1.82, 2.24) is 19.5 Å². The van der Waals surface area contributed by atoms with E-state index in [0.717, 1.165) is 49.3 Å². The summed E-state index contributed by atoms with van der Waals surface area (Å²) in [5.74, 6) is -1.28. The number of carbonyl (C=O) groups excluding carboxylic acids is 2. The molecule has 3 aromatic heterocycles. The summed E-state index contributed by atoms with van der Waals surface area (Å²) in [6.45, 7) is 5.70. The van der Waals surface area contributed by atoms with Gasteiger partial charge in [0.2, 0.25) is 0 Å². The van der Waals surface area contributed by atoms with E-state index in [1.165, 1.54) is 12.3 Å². The largest absolute Gasteiger partial charge is 0.462 e. The molecule has 0 aromatic carbocycles. The van der Waals surface area contributed by atoms with E-state index >= 15 is 0 Å². The van der Waals surface area contributed by atoms with Crippen LogP contribution in [-0.2, 0) is 17.3 Å². The molecule has 0 radical (unpaired) electrons. The van der Waals surface area contributed by atoms with Gasteiger partial charge in [-0.2, -0.15) is 18.3 Å². The molecular formula is C25H28F3N5O3. The molecule has 1 aliphatic rings. The number of likely N-dealkylation sites (tertiary alicyclic amines) is 1. The van der Waals surface area contributed by atoms with Gasteiger partial charge >= 0.3 is 12.1 Å². The second-order valence-electron chi connectivity index (χ2n) is 8.81. The van der Waals surface area contributed by atoms with Crippen molar-refractivity contribution in [3.8, 4) is 0 Å². The third-order valence-electron chi connectivity index (χ3n) is 6.38. The molecule has 0 unspecified atom stereocenters. The molecular weight excluding hydrogens is 475 g/mol. The van der Waals surface area contributed by atoms with E-state index in [4.69, 9.17) is 9.84 Å². The Kier molecular flexibility index (Phi) is 7.30. The Morgan fingerprint density at radius 3 is 2.56 bits per heavy atom. The summed E-state index contributed by atoms with van der Waals surface area (Å²) in [4.78, 5) is 31.3. The fraction of sp³-hybridized carbons (Fsp3) is 0.440. The van der Waals surface area contributed by atoms with Crippen LogP contribution in [0.15, 0.2) is 30.5 Å². The number of anilines is 1. The molecule has 0 atom stereocenters. The minimum absolute atomic E-state index is 0.0461. The fourth-order valence-electron chi connectivity index (χ4n) is 4.51. The molecule has 0 spiro atoms. The van der Waals surface area contributed by atoms with Crippen LogP contribution in [0.1, 0.15) is 70.4 Å². The first-order chi connectivity index (χ1) is 17.1. The molecule has 8 nitrogen and oxygen atoms in total. The summed E-state index contributed by atoms with van der Waals surface area (Å²) < 4.78 is 46.0. The number of hydrogen-bond acceptors (Lipinski definition) is 6. The number of piperidine rings is 1. The minimum Gasteiger partial charge on any atom is -0.462 e. The quantitative estimate of drug-likeness (QED) is 0.497. The summed E-state index contributed by atoms with van der Waals surface area (Å²) in [7, 11) is 2.08. The van der Waals surface area contributed by atoms with E-state index in [1.807, 2.05) is 6.92 Å². The smallest absolute Gasteiger partial charge is 0.433 e. The number of rotatable bonds is 6. The first kappa shape index (κ1) is 25.6. The van der Waals surface area contributed by atoms with Crippen LogP contribution in [0, 0.1) is 0 Å². The number of aromatic nitrogens is 3. The van der Waals surface area contributed by atoms with Gasteiger partial charge in [0, 0.05) is 17.7 Å². The normalized spacial score (nSPS) is 15.3. The zero-order valence-corrected chi connectivity index (χ0v) is 20.4. The zero-order chi connectivity index (χ0) is 26.0. The number of halogens is 3. The molecule has 0 aliphatic carbocycles. The molecule has 1 saturated heterocycles. The number of pyridine rings is 2. The number of aryl methyl sites for hydroxylation is 1. The van der Waals surface area contributed by atoms with Crippen LogP contribution < -0.4 is 5.32 Å². The number of ether oxygens (including phenoxy) is 1. The van der Waals surface area contributed by atoms with E-state index in [1.54, 1.807) is 17.5 Å². The third-order valence-corrected chi connectivity index (χ3v) is 6.38. The number of amides is 1. The predicted octanol–water partition coefficient (Wildman–Crippen LogP) is 4.55. The molecule has 1 aliphatic heterocycles. The Morgan fingerprint density at radius 2 is 1.92 bits per heavy atom. The first-order valence-corrected chi connectivity index (χ1v) is 11.9. The van der Waals surface area contributed by atoms with Crippen LogP contribution in [0.5, 0.6) is 0 Å². The zero-order valence-electron chi connectivity index (χ0n) is 20.4. The Labute approximate surface area is 206 Å². The van der Waals surface area contributed by atoms with Gasteiger partial charge in [0.15, 0.2) is 0 Å². The summed E-state index contributed by atoms with van der Waals surface area (Å²) in [5, 5.41) is 7.36. The number of esters is 1. The van der Waals surface area contributed by atoms with Gasteiger partial charge in [0.1, 0.15) is 17.0 Å². The van der Waals surface area contributed by atoms with Crippen molar-refractivity contribution < 1.29 is 27.5 Å². The van der Waals surface area contributed by atoms with Gasteiger partial charge in [0.25, 0.3) is 5.91 Å². The van der Waals surface area contributed by atoms with Crippen LogP contribution in [0.3, 0.4) is 0 Å². The SMILES string of the molecule is CCOC(=O)c1cn2nc(C3CCN(C)CC3)c(CC)c2cc1NC(=O)c1cccc(C(F)(F)F)n1. The Bertz CT molecular complexity index is 1280. The van der Waals surface area contributed by atoms with Crippen LogP contribution >= 0.6 is 0 Å². The van der Waals surface area contributed by atoms with Crippen LogP contribution in [0.4, 0.5) is 18.9 Å². The second-order valence-corrected chi connectivity index (χ2v) is 8.81. The Balaban J connectivity index is 1.76. The Hall–Kier alpha value is -3.47. The highest BCUT2D eigenvalue weighted by molar-refractivity contribution is 6.07. The molecule has 4 heterocycles. The van der Waals surface area contributed by atoms with Crippen LogP contribution in [-0.4, -0.2) is 58.1 Å². The number of hydrogen-bond donors (Lipinski definition) is 1. The number of nitrogens with one attached hydrogen (secondary N) is 1. The van der Waals surface area contributed by atoms with Crippen molar-refractivity contribution >= 4 is 23.1 Å². The maximum absolute atomic E-state index is 13.1. The molecule has 36 heavy (non-hydrogen) atoms. The molecule has 192 valence electrons. The van der Waals surface area contributed by atoms with Crippen molar-refractivity contribution in [3.05, 3.63) is 58.7 Å². The van der Waals surface area contributed by atoms with Crippen LogP contribution in [0.2, 0.25) is 0 Å². The lowest BCUT2D eigenvalue weighted by Gasteiger charge is -2.28. The van der Waals surface area contributed by atoms with Crippen molar-refractivity contribution in [2.45, 2.75) is 45.2 Å². The average Bonchev–Trinajstić information content (AvgIpc) is 3.21. The highest BCUT2D eigenvalue weighted by Gasteiger charge is 2.33. The summed E-state index contributed by atoms with van der Waals surface area (Å²) in [6.07, 6.45) is -0.582. The lowest BCUT2D eigenvalue weighted by molar-refractivity contribution is -0.141. The lowest BCUT2D eigenvalue weighted by Crippen LogP contribution is -2.29. The van der Waals surface area contributed by atoms with E-state index in [2.05, 4.69) is 22.2 Å². The van der Waals surface area contributed by atoms with Crippen molar-refractivity contribution in [2.75, 3.05) is 32.1 Å². The van der Waals surface area contributed by atoms with Gasteiger partial charge < -0.3 is 15.0 Å². The molecule has 3 aromatic rings. The topological polar surface area (TPSA) is 88.8 Å². The van der Waals surface area contributed by atoms with Crippen molar-refractivity contribution in [1.29, 1.82) is 0 Å². The Morgan fingerprint density at radius 1 is 1.19 bits per heavy atom. The molecule has 1 N–H and O–H groups in total. The summed E-state index contributed by atoms with van der Waals surface area (Å²) >= 11 is 0. The van der Waals surface area contributed by atoms with Gasteiger partial charge in [-0.15, -0.1) is 0 Å². The highest BCUT2D eigenvalue weighted by Crippen LogP contribution is 2.33. The second kappa shape index (κ2) is 10.3. The van der Waals surface area contributed by atoms with Gasteiger partial charge in [-0.25, -0.2) is 14.3 Å². The third kappa shape index (κ3) is 5.20. The van der Waals surface area contributed by atoms with Gasteiger partial charge in [-0.3, -0.25) is 4.79 Å². The minimum atomic E-state index is -4.69. The van der Waals surface area contributed by atoms with Crippen LogP contribution in [0.25, 0.3) is 5.52 Å². The monoisotopic (exact) mass is 503 g/mol. The number of alkyl halides is 3. The van der Waals surface area contributed by atoms with E-state index in [9.17, 15) is 22.8 Å². The summed E-state index contributed by atoms with van der Waals surface area (Å²) in [6, 6.07) is 4.71. The van der Waals surface area contributed by atoms with E-state index < -0.39 is 29.4 Å². The van der Waals surface area contributed by atoms with E-state index in [0.29, 0.717) is 11.9 Å². The number of carbonyl (C=O) groups is 2. The van der Waals surface area contributed by atoms with Crippen molar-refractivity contribution in [3.63, 3.8) is 0 Å². The number of nitrogens with zero attached hydrogens (tertiary/aromatic N) is 4. The van der Waals surface area contributed by atoms with Gasteiger partial charge in [0.05, 0.1) is 23.5 Å². The molecule has 0 bridgehead atoms. The lowest BCUT2D eigenvalue weighted by atomic mass is 9.90. The van der Waals surface area contributed by atoms with Gasteiger partial charge in [-0.05, 0) is 64.5 Å². The average molecular weight is 504 g/mol. The standard InChI is InChI=1S/C25H28F3N5O3/c1-4-16-20-13-19(30-23(34)18-7-6-8-21(29-18)25(26,27)28)17(24(35)36-5-2)14-33(20)31-22(16)15-9-11-32(3)12-10-15/h6-8,13-15H,4-5,9-12H2,1-3H3,(H,30,34). The van der Waals surface area contributed by atoms with Gasteiger partial charge in [-0.1, -0.05) is 13.0 Å². The molecule has 1 fully saturated rings. The fourth-order valence-corrected chi connectivity index (χ4v) is 4.51. The highest BCUT2D eigenvalue weighted by atomic mass is 19.4. The van der Waals surface area contributed by atoms with Crippen molar-refractivity contribution in [2.24, 2.45) is 0 Å². The summed E-state index contributed by atoms with van der Waals surface area (Å²) in [5.41, 5.74) is 1.25. The van der Waals surface area contributed by atoms with E-state index in [-0.39, 0.29) is 23.8 Å². The number of fused-ring (bicyclic) bond motifs is 1. The molecule has 1 amide bonds. The maximum atomic E-state index is 13.1. The molecule has 0 saturated carbocycles. The first-order valence-electron chi connectivity index (χ1n) is 11.9. The predicted molar refractivity (Wildman–Crippen MR) is 127 cm³/mol. The molecule has 11 heteroatoms.